The molecule has 1 saturated carbocycles. The fourth-order valence-corrected chi connectivity index (χ4v) is 5.72. The highest BCUT2D eigenvalue weighted by molar-refractivity contribution is 14.1. The third kappa shape index (κ3) is 3.73. The molecule has 106 valence electrons. The van der Waals surface area contributed by atoms with Crippen LogP contribution in [-0.2, 0) is 6.42 Å². The number of halogens is 1. The van der Waals surface area contributed by atoms with Crippen molar-refractivity contribution in [2.75, 3.05) is 0 Å². The largest absolute Gasteiger partial charge is 0.307 e. The Bertz CT molecular complexity index is 407. The van der Waals surface area contributed by atoms with Crippen molar-refractivity contribution in [3.8, 4) is 0 Å². The molecule has 1 N–H and O–H groups in total. The topological polar surface area (TPSA) is 12.0 Å². The Hall–Kier alpha value is 0.390. The van der Waals surface area contributed by atoms with E-state index in [4.69, 9.17) is 0 Å². The second-order valence-electron chi connectivity index (χ2n) is 6.08. The number of nitrogens with one attached hydrogen (secondary N) is 1. The Morgan fingerprint density at radius 2 is 1.74 bits per heavy atom. The van der Waals surface area contributed by atoms with Crippen molar-refractivity contribution < 1.29 is 0 Å². The summed E-state index contributed by atoms with van der Waals surface area (Å²) < 4.78 is 1.47. The van der Waals surface area contributed by atoms with E-state index in [1.807, 2.05) is 11.3 Å². The van der Waals surface area contributed by atoms with Crippen molar-refractivity contribution in [3.63, 3.8) is 0 Å². The highest BCUT2D eigenvalue weighted by atomic mass is 127. The van der Waals surface area contributed by atoms with Gasteiger partial charge in [0.05, 0.1) is 2.88 Å². The summed E-state index contributed by atoms with van der Waals surface area (Å²) >= 11 is 4.49. The SMILES string of the molecule is Ic1cc2c(s1)CCCC2NC1CCCCCCC1. The number of thiophene rings is 1. The molecular weight excluding hydrogens is 365 g/mol. The number of rotatable bonds is 2. The molecule has 2 aliphatic carbocycles. The second kappa shape index (κ2) is 6.90. The van der Waals surface area contributed by atoms with Crippen LogP contribution in [0.2, 0.25) is 0 Å². The zero-order valence-corrected chi connectivity index (χ0v) is 14.6. The molecule has 1 heterocycles. The van der Waals surface area contributed by atoms with Crippen LogP contribution in [0.5, 0.6) is 0 Å². The molecule has 0 amide bonds. The van der Waals surface area contributed by atoms with Crippen LogP contribution in [0.15, 0.2) is 6.07 Å². The summed E-state index contributed by atoms with van der Waals surface area (Å²) in [5.74, 6) is 0. The smallest absolute Gasteiger partial charge is 0.0659 e. The molecule has 1 unspecified atom stereocenters. The van der Waals surface area contributed by atoms with Crippen LogP contribution in [0.4, 0.5) is 0 Å². The molecule has 1 atom stereocenters. The van der Waals surface area contributed by atoms with Crippen molar-refractivity contribution in [1.29, 1.82) is 0 Å². The molecule has 1 nitrogen and oxygen atoms in total. The average molecular weight is 389 g/mol. The molecule has 0 radical (unpaired) electrons. The molecule has 0 spiro atoms. The van der Waals surface area contributed by atoms with Gasteiger partial charge >= 0.3 is 0 Å². The van der Waals surface area contributed by atoms with Gasteiger partial charge in [0.2, 0.25) is 0 Å². The van der Waals surface area contributed by atoms with E-state index in [9.17, 15) is 0 Å². The molecule has 1 aromatic heterocycles. The number of aryl methyl sites for hydroxylation is 1. The van der Waals surface area contributed by atoms with Crippen molar-refractivity contribution >= 4 is 33.9 Å². The van der Waals surface area contributed by atoms with Gasteiger partial charge in [-0.1, -0.05) is 32.1 Å². The predicted octanol–water partition coefficient (Wildman–Crippen LogP) is 5.43. The van der Waals surface area contributed by atoms with Gasteiger partial charge in [0, 0.05) is 17.0 Å². The Morgan fingerprint density at radius 1 is 1.00 bits per heavy atom. The Kier molecular flexibility index (Phi) is 5.20. The van der Waals surface area contributed by atoms with E-state index in [1.165, 1.54) is 67.1 Å². The van der Waals surface area contributed by atoms with Crippen LogP contribution in [0, 0.1) is 2.88 Å². The molecule has 2 aliphatic rings. The highest BCUT2D eigenvalue weighted by Gasteiger charge is 2.24. The minimum atomic E-state index is 0.646. The molecule has 1 fully saturated rings. The Labute approximate surface area is 134 Å². The van der Waals surface area contributed by atoms with Crippen LogP contribution in [-0.4, -0.2) is 6.04 Å². The first-order valence-corrected chi connectivity index (χ1v) is 9.76. The van der Waals surface area contributed by atoms with Gasteiger partial charge in [0.15, 0.2) is 0 Å². The third-order valence-corrected chi connectivity index (χ3v) is 6.60. The van der Waals surface area contributed by atoms with Gasteiger partial charge in [-0.15, -0.1) is 11.3 Å². The van der Waals surface area contributed by atoms with Crippen molar-refractivity contribution in [2.24, 2.45) is 0 Å². The third-order valence-electron chi connectivity index (χ3n) is 4.63. The van der Waals surface area contributed by atoms with E-state index in [1.54, 1.807) is 10.4 Å². The zero-order valence-electron chi connectivity index (χ0n) is 11.6. The summed E-state index contributed by atoms with van der Waals surface area (Å²) in [5.41, 5.74) is 1.63. The Balaban J connectivity index is 1.65. The highest BCUT2D eigenvalue weighted by Crippen LogP contribution is 2.37. The predicted molar refractivity (Wildman–Crippen MR) is 92.0 cm³/mol. The fraction of sp³-hybridized carbons (Fsp3) is 0.750. The minimum absolute atomic E-state index is 0.646. The first kappa shape index (κ1) is 14.3. The summed E-state index contributed by atoms with van der Waals surface area (Å²) in [5, 5.41) is 4.00. The first-order chi connectivity index (χ1) is 9.33. The molecular formula is C16H24INS. The van der Waals surface area contributed by atoms with E-state index in [0.29, 0.717) is 6.04 Å². The maximum atomic E-state index is 4.00. The average Bonchev–Trinajstić information content (AvgIpc) is 2.73. The second-order valence-corrected chi connectivity index (χ2v) is 9.11. The quantitative estimate of drug-likeness (QED) is 0.665. The molecule has 1 aromatic rings. The number of hydrogen-bond donors (Lipinski definition) is 1. The molecule has 0 aliphatic heterocycles. The van der Waals surface area contributed by atoms with Gasteiger partial charge in [0.1, 0.15) is 0 Å². The molecule has 3 rings (SSSR count). The lowest BCUT2D eigenvalue weighted by Gasteiger charge is -2.30. The lowest BCUT2D eigenvalue weighted by molar-refractivity contribution is 0.335. The molecule has 0 bridgehead atoms. The summed E-state index contributed by atoms with van der Waals surface area (Å²) in [6.45, 7) is 0. The first-order valence-electron chi connectivity index (χ1n) is 7.87. The van der Waals surface area contributed by atoms with Crippen LogP contribution in [0.25, 0.3) is 0 Å². The van der Waals surface area contributed by atoms with Gasteiger partial charge < -0.3 is 5.32 Å². The monoisotopic (exact) mass is 389 g/mol. The van der Waals surface area contributed by atoms with Gasteiger partial charge in [-0.05, 0) is 66.3 Å². The lowest BCUT2D eigenvalue weighted by Crippen LogP contribution is -2.34. The summed E-state index contributed by atoms with van der Waals surface area (Å²) in [4.78, 5) is 1.65. The zero-order chi connectivity index (χ0) is 13.1. The van der Waals surface area contributed by atoms with E-state index in [-0.39, 0.29) is 0 Å². The van der Waals surface area contributed by atoms with Crippen molar-refractivity contribution in [2.45, 2.75) is 76.3 Å². The normalized spacial score (nSPS) is 25.6. The molecule has 19 heavy (non-hydrogen) atoms. The van der Waals surface area contributed by atoms with E-state index in [0.717, 1.165) is 6.04 Å². The maximum absolute atomic E-state index is 4.00. The van der Waals surface area contributed by atoms with Crippen molar-refractivity contribution in [3.05, 3.63) is 19.4 Å². The van der Waals surface area contributed by atoms with Crippen LogP contribution in [0.1, 0.15) is 74.3 Å². The van der Waals surface area contributed by atoms with Crippen molar-refractivity contribution in [1.82, 2.24) is 5.32 Å². The standard InChI is InChI=1S/C16H24INS/c17-16-11-13-14(9-6-10-15(13)19-16)18-12-7-4-2-1-3-5-8-12/h11-12,14,18H,1-10H2. The lowest BCUT2D eigenvalue weighted by atomic mass is 9.91. The van der Waals surface area contributed by atoms with Gasteiger partial charge in [-0.25, -0.2) is 0 Å². The van der Waals surface area contributed by atoms with E-state index in [2.05, 4.69) is 34.0 Å². The number of fused-ring (bicyclic) bond motifs is 1. The van der Waals surface area contributed by atoms with Crippen LogP contribution < -0.4 is 5.32 Å². The fourth-order valence-electron chi connectivity index (χ4n) is 3.60. The van der Waals surface area contributed by atoms with Crippen LogP contribution >= 0.6 is 33.9 Å². The summed E-state index contributed by atoms with van der Waals surface area (Å²) in [6.07, 6.45) is 14.0. The number of hydrogen-bond acceptors (Lipinski definition) is 2. The van der Waals surface area contributed by atoms with Gasteiger partial charge in [0.25, 0.3) is 0 Å². The summed E-state index contributed by atoms with van der Waals surface area (Å²) in [6, 6.07) is 3.85. The van der Waals surface area contributed by atoms with Crippen LogP contribution in [0.3, 0.4) is 0 Å². The molecule has 0 saturated heterocycles. The summed E-state index contributed by atoms with van der Waals surface area (Å²) in [7, 11) is 0. The van der Waals surface area contributed by atoms with E-state index < -0.39 is 0 Å². The van der Waals surface area contributed by atoms with E-state index >= 15 is 0 Å². The Morgan fingerprint density at radius 3 is 2.53 bits per heavy atom. The molecule has 3 heteroatoms. The van der Waals surface area contributed by atoms with Gasteiger partial charge in [-0.3, -0.25) is 0 Å². The van der Waals surface area contributed by atoms with Gasteiger partial charge in [-0.2, -0.15) is 0 Å². The maximum Gasteiger partial charge on any atom is 0.0659 e. The molecule has 0 aromatic carbocycles. The minimum Gasteiger partial charge on any atom is -0.307 e.